The molecule has 2 N–H and O–H groups in total. The molecule has 3 heterocycles. The van der Waals surface area contributed by atoms with Crippen LogP contribution in [0.3, 0.4) is 0 Å². The molecule has 1 aliphatic carbocycles. The smallest absolute Gasteiger partial charge is 0.391 e. The molecule has 8 nitrogen and oxygen atoms in total. The van der Waals surface area contributed by atoms with Crippen molar-refractivity contribution < 1.29 is 26.7 Å². The standard InChI is InChI=1S/C22H26F3N5O3S/c1-13(9-22(23,24)25)28-21-27-12-20-18(15-7-17(11-26-10-15)34(2,32)33)8-19(30(20)29-21)14-3-5-16(31)6-4-14/h7-8,10-14,16,31H,3-6,9H2,1-2H3,(H,28,29)/t13-,14-,16-/m0/s1. The van der Waals surface area contributed by atoms with E-state index < -0.39 is 28.5 Å². The molecule has 12 heteroatoms. The predicted octanol–water partition coefficient (Wildman–Crippen LogP) is 3.97. The van der Waals surface area contributed by atoms with E-state index in [1.165, 1.54) is 25.4 Å². The molecule has 0 radical (unpaired) electrons. The minimum absolute atomic E-state index is 0.0616. The van der Waals surface area contributed by atoms with Crippen molar-refractivity contribution in [2.24, 2.45) is 0 Å². The molecule has 3 aromatic rings. The molecule has 1 atom stereocenters. The van der Waals surface area contributed by atoms with Crippen LogP contribution in [0.15, 0.2) is 35.6 Å². The van der Waals surface area contributed by atoms with Gasteiger partial charge in [0.15, 0.2) is 9.84 Å². The van der Waals surface area contributed by atoms with Crippen molar-refractivity contribution in [3.63, 3.8) is 0 Å². The number of nitrogens with one attached hydrogen (secondary N) is 1. The van der Waals surface area contributed by atoms with Gasteiger partial charge in [0, 0.05) is 47.4 Å². The van der Waals surface area contributed by atoms with E-state index in [-0.39, 0.29) is 22.9 Å². The molecule has 1 aliphatic rings. The van der Waals surface area contributed by atoms with Crippen molar-refractivity contribution in [3.8, 4) is 11.1 Å². The van der Waals surface area contributed by atoms with Gasteiger partial charge >= 0.3 is 6.18 Å². The third-order valence-electron chi connectivity index (χ3n) is 6.03. The highest BCUT2D eigenvalue weighted by Gasteiger charge is 2.31. The first kappa shape index (κ1) is 24.4. The fourth-order valence-electron chi connectivity index (χ4n) is 4.36. The highest BCUT2D eigenvalue weighted by Crippen LogP contribution is 2.38. The average molecular weight is 498 g/mol. The van der Waals surface area contributed by atoms with E-state index in [1.54, 1.807) is 10.7 Å². The van der Waals surface area contributed by atoms with Gasteiger partial charge in [0.1, 0.15) is 0 Å². The second-order valence-electron chi connectivity index (χ2n) is 8.91. The first-order valence-electron chi connectivity index (χ1n) is 11.0. The van der Waals surface area contributed by atoms with Crippen molar-refractivity contribution in [3.05, 3.63) is 36.4 Å². The molecule has 184 valence electrons. The number of nitrogens with zero attached hydrogens (tertiary/aromatic N) is 4. The van der Waals surface area contributed by atoms with Gasteiger partial charge in [0.25, 0.3) is 0 Å². The third kappa shape index (κ3) is 5.49. The lowest BCUT2D eigenvalue weighted by Crippen LogP contribution is -2.25. The predicted molar refractivity (Wildman–Crippen MR) is 120 cm³/mol. The Balaban J connectivity index is 1.78. The zero-order valence-corrected chi connectivity index (χ0v) is 19.6. The largest absolute Gasteiger partial charge is 0.393 e. The van der Waals surface area contributed by atoms with E-state index >= 15 is 0 Å². The summed E-state index contributed by atoms with van der Waals surface area (Å²) in [6, 6.07) is 2.51. The Labute approximate surface area is 195 Å². The summed E-state index contributed by atoms with van der Waals surface area (Å²) in [6.07, 6.45) is 2.48. The van der Waals surface area contributed by atoms with Crippen LogP contribution in [0.1, 0.15) is 50.6 Å². The number of fused-ring (bicyclic) bond motifs is 1. The Morgan fingerprint density at radius 1 is 1.18 bits per heavy atom. The summed E-state index contributed by atoms with van der Waals surface area (Å²) >= 11 is 0. The number of aliphatic hydroxyl groups is 1. The van der Waals surface area contributed by atoms with Crippen molar-refractivity contribution in [1.29, 1.82) is 0 Å². The van der Waals surface area contributed by atoms with Gasteiger partial charge in [0.05, 0.1) is 29.1 Å². The monoisotopic (exact) mass is 497 g/mol. The van der Waals surface area contributed by atoms with Crippen LogP contribution in [0, 0.1) is 0 Å². The first-order chi connectivity index (χ1) is 15.9. The van der Waals surface area contributed by atoms with Crippen LogP contribution in [0.2, 0.25) is 0 Å². The van der Waals surface area contributed by atoms with Crippen molar-refractivity contribution >= 4 is 21.3 Å². The van der Waals surface area contributed by atoms with Crippen LogP contribution in [0.25, 0.3) is 16.6 Å². The van der Waals surface area contributed by atoms with Gasteiger partial charge in [-0.15, -0.1) is 5.10 Å². The Bertz CT molecular complexity index is 1280. The van der Waals surface area contributed by atoms with Gasteiger partial charge < -0.3 is 10.4 Å². The molecule has 0 bridgehead atoms. The van der Waals surface area contributed by atoms with Crippen LogP contribution in [-0.4, -0.2) is 57.7 Å². The fraction of sp³-hybridized carbons (Fsp3) is 0.500. The number of anilines is 1. The summed E-state index contributed by atoms with van der Waals surface area (Å²) in [6.45, 7) is 1.41. The summed E-state index contributed by atoms with van der Waals surface area (Å²) in [5, 5.41) is 17.1. The summed E-state index contributed by atoms with van der Waals surface area (Å²) in [5.74, 6) is 0.137. The van der Waals surface area contributed by atoms with E-state index in [2.05, 4.69) is 20.4 Å². The number of rotatable bonds is 6. The molecule has 1 fully saturated rings. The van der Waals surface area contributed by atoms with Crippen LogP contribution in [0.4, 0.5) is 19.1 Å². The minimum Gasteiger partial charge on any atom is -0.393 e. The summed E-state index contributed by atoms with van der Waals surface area (Å²) in [4.78, 5) is 8.37. The molecule has 0 spiro atoms. The maximum atomic E-state index is 12.8. The second-order valence-corrected chi connectivity index (χ2v) is 10.9. The van der Waals surface area contributed by atoms with Gasteiger partial charge in [0.2, 0.25) is 5.95 Å². The van der Waals surface area contributed by atoms with Gasteiger partial charge in [-0.1, -0.05) is 0 Å². The summed E-state index contributed by atoms with van der Waals surface area (Å²) in [7, 11) is -3.47. The number of hydrogen-bond donors (Lipinski definition) is 2. The number of aliphatic hydroxyl groups excluding tert-OH is 1. The highest BCUT2D eigenvalue weighted by molar-refractivity contribution is 7.90. The number of halogens is 3. The van der Waals surface area contributed by atoms with Crippen LogP contribution >= 0.6 is 0 Å². The molecular weight excluding hydrogens is 471 g/mol. The molecule has 4 rings (SSSR count). The van der Waals surface area contributed by atoms with Gasteiger partial charge in [-0.3, -0.25) is 4.98 Å². The van der Waals surface area contributed by atoms with E-state index in [0.29, 0.717) is 29.5 Å². The number of pyridine rings is 1. The van der Waals surface area contributed by atoms with Crippen LogP contribution in [-0.2, 0) is 9.84 Å². The zero-order chi connectivity index (χ0) is 24.7. The quantitative estimate of drug-likeness (QED) is 0.530. The minimum atomic E-state index is -4.32. The molecule has 0 aliphatic heterocycles. The Hall–Kier alpha value is -2.73. The Morgan fingerprint density at radius 3 is 2.53 bits per heavy atom. The molecule has 1 saturated carbocycles. The third-order valence-corrected chi connectivity index (χ3v) is 7.10. The molecule has 3 aromatic heterocycles. The summed E-state index contributed by atoms with van der Waals surface area (Å²) < 4.78 is 64.0. The van der Waals surface area contributed by atoms with E-state index in [1.807, 2.05) is 6.07 Å². The van der Waals surface area contributed by atoms with Gasteiger partial charge in [-0.05, 0) is 44.7 Å². The number of alkyl halides is 3. The lowest BCUT2D eigenvalue weighted by Gasteiger charge is -2.25. The van der Waals surface area contributed by atoms with E-state index in [4.69, 9.17) is 0 Å². The van der Waals surface area contributed by atoms with E-state index in [0.717, 1.165) is 24.8 Å². The van der Waals surface area contributed by atoms with Gasteiger partial charge in [-0.2, -0.15) is 13.2 Å². The van der Waals surface area contributed by atoms with Crippen molar-refractivity contribution in [2.45, 2.75) is 68.2 Å². The summed E-state index contributed by atoms with van der Waals surface area (Å²) in [5.41, 5.74) is 2.66. The zero-order valence-electron chi connectivity index (χ0n) is 18.7. The van der Waals surface area contributed by atoms with E-state index in [9.17, 15) is 26.7 Å². The van der Waals surface area contributed by atoms with Crippen LogP contribution in [0.5, 0.6) is 0 Å². The first-order valence-corrected chi connectivity index (χ1v) is 12.9. The SMILES string of the molecule is C[C@@H](CC(F)(F)F)Nc1ncc2c(-c3cncc(S(C)(=O)=O)c3)cc([C@H]3CC[C@H](O)CC3)n2n1. The van der Waals surface area contributed by atoms with Crippen LogP contribution < -0.4 is 5.32 Å². The Morgan fingerprint density at radius 2 is 1.88 bits per heavy atom. The average Bonchev–Trinajstić information content (AvgIpc) is 3.11. The highest BCUT2D eigenvalue weighted by atomic mass is 32.2. The van der Waals surface area contributed by atoms with Crippen molar-refractivity contribution in [2.75, 3.05) is 11.6 Å². The maximum absolute atomic E-state index is 12.8. The second kappa shape index (κ2) is 9.14. The van der Waals surface area contributed by atoms with Gasteiger partial charge in [-0.25, -0.2) is 17.9 Å². The molecule has 0 amide bonds. The topological polar surface area (TPSA) is 109 Å². The fourth-order valence-corrected chi connectivity index (χ4v) is 4.96. The van der Waals surface area contributed by atoms with Crippen molar-refractivity contribution in [1.82, 2.24) is 19.6 Å². The normalized spacial score (nSPS) is 20.4. The molecule has 34 heavy (non-hydrogen) atoms. The number of aromatic nitrogens is 4. The lowest BCUT2D eigenvalue weighted by atomic mass is 9.85. The molecule has 0 aromatic carbocycles. The molecule has 0 saturated heterocycles. The maximum Gasteiger partial charge on any atom is 0.391 e. The lowest BCUT2D eigenvalue weighted by molar-refractivity contribution is -0.136. The number of sulfone groups is 1. The Kier molecular flexibility index (Phi) is 6.56. The molecule has 0 unspecified atom stereocenters. The number of hydrogen-bond acceptors (Lipinski definition) is 7. The molecular formula is C22H26F3N5O3S.